The highest BCUT2D eigenvalue weighted by Crippen LogP contribution is 2.37. The summed E-state index contributed by atoms with van der Waals surface area (Å²) >= 11 is 0. The maximum absolute atomic E-state index is 5.22. The third kappa shape index (κ3) is 4.57. The van der Waals surface area contributed by atoms with E-state index in [2.05, 4.69) is 119 Å². The van der Waals surface area contributed by atoms with E-state index in [0.29, 0.717) is 17.7 Å². The first-order valence-electron chi connectivity index (χ1n) is 14.6. The fraction of sp³-hybridized carbons (Fsp3) is 0. The van der Waals surface area contributed by atoms with Crippen molar-refractivity contribution in [2.24, 2.45) is 0 Å². The van der Waals surface area contributed by atoms with Crippen molar-refractivity contribution >= 4 is 39.1 Å². The van der Waals surface area contributed by atoms with E-state index >= 15 is 0 Å². The Bertz CT molecular complexity index is 2170. The van der Waals surface area contributed by atoms with Crippen LogP contribution in [0.15, 0.2) is 164 Å². The summed E-state index contributed by atoms with van der Waals surface area (Å²) in [6, 6.07) is 56.1. The summed E-state index contributed by atoms with van der Waals surface area (Å²) < 4.78 is 2.14. The molecule has 0 unspecified atom stereocenters. The van der Waals surface area contributed by atoms with Gasteiger partial charge in [-0.15, -0.1) is 0 Å². The molecule has 0 fully saturated rings. The molecule has 0 saturated heterocycles. The number of fused-ring (bicyclic) bond motifs is 3. The topological polar surface area (TPSA) is 46.8 Å². The summed E-state index contributed by atoms with van der Waals surface area (Å²) in [5.74, 6) is 1.70. The highest BCUT2D eigenvalue weighted by Gasteiger charge is 2.22. The molecule has 0 saturated carbocycles. The lowest BCUT2D eigenvalue weighted by molar-refractivity contribution is 0.933. The number of nitrogens with zero attached hydrogens (tertiary/aromatic N) is 5. The van der Waals surface area contributed by atoms with Crippen LogP contribution in [0.5, 0.6) is 0 Å². The Kier molecular flexibility index (Phi) is 6.39. The summed E-state index contributed by atoms with van der Waals surface area (Å²) in [4.78, 5) is 17.5. The van der Waals surface area contributed by atoms with E-state index in [1.165, 1.54) is 0 Å². The van der Waals surface area contributed by atoms with Crippen molar-refractivity contribution in [2.75, 3.05) is 4.90 Å². The maximum Gasteiger partial charge on any atom is 0.240 e. The zero-order valence-corrected chi connectivity index (χ0v) is 23.8. The Morgan fingerprint density at radius 1 is 0.409 bits per heavy atom. The predicted octanol–water partition coefficient (Wildman–Crippen LogP) is 9.77. The van der Waals surface area contributed by atoms with Gasteiger partial charge in [-0.05, 0) is 47.5 Å². The van der Waals surface area contributed by atoms with E-state index in [0.717, 1.165) is 49.9 Å². The number of benzene rings is 6. The zero-order chi connectivity index (χ0) is 29.3. The first-order valence-corrected chi connectivity index (χ1v) is 14.6. The van der Waals surface area contributed by atoms with Gasteiger partial charge < -0.3 is 0 Å². The Morgan fingerprint density at radius 2 is 0.932 bits per heavy atom. The van der Waals surface area contributed by atoms with Crippen LogP contribution >= 0.6 is 0 Å². The fourth-order valence-corrected chi connectivity index (χ4v) is 5.82. The van der Waals surface area contributed by atoms with Crippen molar-refractivity contribution in [1.82, 2.24) is 19.5 Å². The first-order chi connectivity index (χ1) is 21.8. The van der Waals surface area contributed by atoms with Crippen molar-refractivity contribution in [3.8, 4) is 28.5 Å². The van der Waals surface area contributed by atoms with Crippen molar-refractivity contribution < 1.29 is 0 Å². The van der Waals surface area contributed by atoms with E-state index < -0.39 is 0 Å². The normalized spacial score (nSPS) is 11.2. The van der Waals surface area contributed by atoms with Crippen LogP contribution in [0.4, 0.5) is 17.3 Å². The molecule has 0 bridgehead atoms. The first kappa shape index (κ1) is 25.6. The average molecular weight is 566 g/mol. The molecule has 6 aromatic carbocycles. The summed E-state index contributed by atoms with van der Waals surface area (Å²) in [6.07, 6.45) is 0. The number of rotatable bonds is 6. The van der Waals surface area contributed by atoms with Crippen molar-refractivity contribution in [3.63, 3.8) is 0 Å². The van der Waals surface area contributed by atoms with Gasteiger partial charge in [0.15, 0.2) is 5.82 Å². The molecule has 208 valence electrons. The molecule has 0 amide bonds. The molecule has 2 aromatic heterocycles. The molecule has 0 radical (unpaired) electrons. The molecule has 0 spiro atoms. The smallest absolute Gasteiger partial charge is 0.240 e. The van der Waals surface area contributed by atoms with E-state index in [1.54, 1.807) is 0 Å². The minimum absolute atomic E-state index is 0.534. The molecule has 2 heterocycles. The molecule has 8 aromatic rings. The quantitative estimate of drug-likeness (QED) is 0.201. The number of para-hydroxylation sites is 3. The lowest BCUT2D eigenvalue weighted by Gasteiger charge is -2.24. The second-order valence-corrected chi connectivity index (χ2v) is 10.6. The lowest BCUT2D eigenvalue weighted by atomic mass is 10.0. The monoisotopic (exact) mass is 565 g/mol. The maximum atomic E-state index is 5.22. The summed E-state index contributed by atoms with van der Waals surface area (Å²) in [6.45, 7) is 0. The van der Waals surface area contributed by atoms with Gasteiger partial charge in [0.05, 0.1) is 11.0 Å². The Balaban J connectivity index is 1.41. The van der Waals surface area contributed by atoms with Crippen LogP contribution in [0, 0.1) is 0 Å². The van der Waals surface area contributed by atoms with Crippen LogP contribution in [0.1, 0.15) is 0 Å². The van der Waals surface area contributed by atoms with Gasteiger partial charge in [0.25, 0.3) is 0 Å². The van der Waals surface area contributed by atoms with Crippen LogP contribution < -0.4 is 4.90 Å². The zero-order valence-electron chi connectivity index (χ0n) is 23.8. The number of aromatic nitrogens is 4. The van der Waals surface area contributed by atoms with E-state index in [-0.39, 0.29) is 0 Å². The van der Waals surface area contributed by atoms with Crippen LogP contribution in [0.3, 0.4) is 0 Å². The third-order valence-electron chi connectivity index (χ3n) is 7.85. The number of anilines is 3. The predicted molar refractivity (Wildman–Crippen MR) is 180 cm³/mol. The van der Waals surface area contributed by atoms with E-state index in [1.807, 2.05) is 54.6 Å². The van der Waals surface area contributed by atoms with Crippen molar-refractivity contribution in [3.05, 3.63) is 164 Å². The van der Waals surface area contributed by atoms with Gasteiger partial charge >= 0.3 is 0 Å². The summed E-state index contributed by atoms with van der Waals surface area (Å²) in [5.41, 5.74) is 7.18. The van der Waals surface area contributed by atoms with Gasteiger partial charge in [0, 0.05) is 27.7 Å². The van der Waals surface area contributed by atoms with Crippen LogP contribution in [-0.4, -0.2) is 19.5 Å². The van der Waals surface area contributed by atoms with Gasteiger partial charge in [0.1, 0.15) is 0 Å². The van der Waals surface area contributed by atoms with Crippen molar-refractivity contribution in [1.29, 1.82) is 0 Å². The SMILES string of the molecule is c1ccc(-c2cccc(N(c3ccccc3)c3nc(-c4ccccc4)nc(-n4c5ccccc5c5ccccc54)n3)c2)cc1. The largest absolute Gasteiger partial charge is 0.279 e. The minimum Gasteiger partial charge on any atom is -0.279 e. The van der Waals surface area contributed by atoms with E-state index in [9.17, 15) is 0 Å². The Hall–Kier alpha value is -6.07. The molecule has 8 rings (SSSR count). The molecule has 44 heavy (non-hydrogen) atoms. The molecule has 5 heteroatoms. The van der Waals surface area contributed by atoms with Crippen LogP contribution in [0.25, 0.3) is 50.3 Å². The molecular formula is C39H27N5. The highest BCUT2D eigenvalue weighted by molar-refractivity contribution is 6.09. The van der Waals surface area contributed by atoms with Crippen molar-refractivity contribution in [2.45, 2.75) is 0 Å². The molecule has 5 nitrogen and oxygen atoms in total. The second kappa shape index (κ2) is 11.0. The van der Waals surface area contributed by atoms with Gasteiger partial charge in [-0.3, -0.25) is 9.47 Å². The molecule has 0 aliphatic heterocycles. The van der Waals surface area contributed by atoms with Crippen LogP contribution in [0.2, 0.25) is 0 Å². The molecule has 0 N–H and O–H groups in total. The molecule has 0 atom stereocenters. The molecule has 0 aliphatic carbocycles. The van der Waals surface area contributed by atoms with E-state index in [4.69, 9.17) is 15.0 Å². The van der Waals surface area contributed by atoms with Gasteiger partial charge in [-0.2, -0.15) is 15.0 Å². The number of hydrogen-bond donors (Lipinski definition) is 0. The summed E-state index contributed by atoms with van der Waals surface area (Å²) in [5, 5.41) is 2.31. The molecule has 0 aliphatic rings. The standard InChI is InChI=1S/C39H27N5/c1-4-15-28(16-5-1)30-19-14-22-32(27-30)43(31-20-8-3-9-21-31)38-40-37(29-17-6-2-7-18-29)41-39(42-38)44-35-25-12-10-23-33(35)34-24-11-13-26-36(34)44/h1-27H. The van der Waals surface area contributed by atoms with Crippen LogP contribution in [-0.2, 0) is 0 Å². The van der Waals surface area contributed by atoms with Gasteiger partial charge in [-0.1, -0.05) is 127 Å². The average Bonchev–Trinajstić information content (AvgIpc) is 3.44. The Morgan fingerprint density at radius 3 is 1.59 bits per heavy atom. The second-order valence-electron chi connectivity index (χ2n) is 10.6. The molecular weight excluding hydrogens is 538 g/mol. The fourth-order valence-electron chi connectivity index (χ4n) is 5.82. The summed E-state index contributed by atoms with van der Waals surface area (Å²) in [7, 11) is 0. The lowest BCUT2D eigenvalue weighted by Crippen LogP contribution is -2.16. The third-order valence-corrected chi connectivity index (χ3v) is 7.85. The van der Waals surface area contributed by atoms with Gasteiger partial charge in [0.2, 0.25) is 11.9 Å². The highest BCUT2D eigenvalue weighted by atomic mass is 15.3. The minimum atomic E-state index is 0.534. The number of hydrogen-bond acceptors (Lipinski definition) is 4. The Labute approximate surface area is 255 Å². The van der Waals surface area contributed by atoms with Gasteiger partial charge in [-0.25, -0.2) is 0 Å².